The molecule has 2 aliphatic heterocycles. The van der Waals surface area contributed by atoms with Crippen LogP contribution < -0.4 is 15.6 Å². The van der Waals surface area contributed by atoms with Gasteiger partial charge >= 0.3 is 0 Å². The second-order valence-corrected chi connectivity index (χ2v) is 11.4. The first-order valence-corrected chi connectivity index (χ1v) is 14.2. The summed E-state index contributed by atoms with van der Waals surface area (Å²) in [6, 6.07) is 9.27. The van der Waals surface area contributed by atoms with Crippen molar-refractivity contribution >= 4 is 55.0 Å². The Morgan fingerprint density at radius 1 is 1.15 bits per heavy atom. The number of benzene rings is 1. The molecule has 0 spiro atoms. The predicted molar refractivity (Wildman–Crippen MR) is 151 cm³/mol. The van der Waals surface area contributed by atoms with Crippen molar-refractivity contribution in [2.75, 3.05) is 51.2 Å². The Labute approximate surface area is 228 Å². The fourth-order valence-corrected chi connectivity index (χ4v) is 7.02. The number of hydrogen-bond donors (Lipinski definition) is 1. The number of halogens is 1. The number of piperazine rings is 1. The number of para-hydroxylation sites is 1. The van der Waals surface area contributed by atoms with E-state index in [0.29, 0.717) is 49.2 Å². The van der Waals surface area contributed by atoms with Crippen molar-refractivity contribution in [3.8, 4) is 0 Å². The highest BCUT2D eigenvalue weighted by Crippen LogP contribution is 2.32. The van der Waals surface area contributed by atoms with E-state index >= 15 is 4.39 Å². The number of nitrogens with zero attached hydrogens (tertiary/aromatic N) is 5. The number of hydrogen-bond acceptors (Lipinski definition) is 7. The van der Waals surface area contributed by atoms with Gasteiger partial charge in [-0.3, -0.25) is 18.8 Å². The third kappa shape index (κ3) is 4.53. The number of rotatable bonds is 5. The molecule has 1 unspecified atom stereocenters. The molecule has 4 aromatic rings. The van der Waals surface area contributed by atoms with Gasteiger partial charge in [0.1, 0.15) is 10.4 Å². The second-order valence-electron chi connectivity index (χ2n) is 10.4. The molecule has 0 saturated carbocycles. The van der Waals surface area contributed by atoms with E-state index < -0.39 is 17.2 Å². The molecule has 39 heavy (non-hydrogen) atoms. The van der Waals surface area contributed by atoms with Crippen LogP contribution in [0.4, 0.5) is 10.2 Å². The van der Waals surface area contributed by atoms with Crippen molar-refractivity contribution in [3.63, 3.8) is 0 Å². The van der Waals surface area contributed by atoms with Gasteiger partial charge in [-0.1, -0.05) is 12.1 Å². The lowest BCUT2D eigenvalue weighted by atomic mass is 10.1. The van der Waals surface area contributed by atoms with Gasteiger partial charge < -0.3 is 20.0 Å². The van der Waals surface area contributed by atoms with Crippen molar-refractivity contribution in [2.24, 2.45) is 0 Å². The minimum Gasteiger partial charge on any atom is -0.352 e. The molecule has 9 nitrogen and oxygen atoms in total. The molecule has 0 radical (unpaired) electrons. The summed E-state index contributed by atoms with van der Waals surface area (Å²) in [7, 11) is 2.09. The highest BCUT2D eigenvalue weighted by Gasteiger charge is 2.27. The zero-order valence-electron chi connectivity index (χ0n) is 22.1. The Morgan fingerprint density at radius 3 is 2.64 bits per heavy atom. The van der Waals surface area contributed by atoms with Crippen LogP contribution in [0.2, 0.25) is 0 Å². The maximum absolute atomic E-state index is 15.5. The molecule has 1 N–H and O–H groups in total. The first kappa shape index (κ1) is 25.7. The van der Waals surface area contributed by atoms with Crippen LogP contribution in [0.15, 0.2) is 35.1 Å². The van der Waals surface area contributed by atoms with Gasteiger partial charge in [0.15, 0.2) is 17.3 Å². The highest BCUT2D eigenvalue weighted by molar-refractivity contribution is 7.24. The smallest absolute Gasteiger partial charge is 0.258 e. The van der Waals surface area contributed by atoms with E-state index in [-0.39, 0.29) is 22.7 Å². The SMILES string of the molecule is CC(=O)N1CCN(c2nc3c(cc2F)c(=O)c(C(=O)NCCC2CCCN2C)c2sc4ccccc4n23)CC1. The van der Waals surface area contributed by atoms with Gasteiger partial charge in [-0.15, -0.1) is 11.3 Å². The minimum absolute atomic E-state index is 0.0133. The van der Waals surface area contributed by atoms with Gasteiger partial charge in [-0.2, -0.15) is 0 Å². The zero-order chi connectivity index (χ0) is 27.3. The summed E-state index contributed by atoms with van der Waals surface area (Å²) in [5.41, 5.74) is 0.622. The average molecular weight is 551 g/mol. The van der Waals surface area contributed by atoms with E-state index in [1.165, 1.54) is 24.3 Å². The largest absolute Gasteiger partial charge is 0.352 e. The monoisotopic (exact) mass is 550 g/mol. The molecule has 1 atom stereocenters. The molecule has 2 aliphatic rings. The van der Waals surface area contributed by atoms with Gasteiger partial charge in [0.05, 0.1) is 15.6 Å². The Bertz CT molecular complexity index is 1660. The molecular formula is C28H31FN6O3S. The van der Waals surface area contributed by atoms with Gasteiger partial charge in [0.25, 0.3) is 5.91 Å². The van der Waals surface area contributed by atoms with E-state index in [1.807, 2.05) is 28.7 Å². The summed E-state index contributed by atoms with van der Waals surface area (Å²) < 4.78 is 18.2. The van der Waals surface area contributed by atoms with Crippen LogP contribution in [0.3, 0.4) is 0 Å². The number of carbonyl (C=O) groups excluding carboxylic acids is 2. The van der Waals surface area contributed by atoms with Crippen molar-refractivity contribution in [2.45, 2.75) is 32.2 Å². The van der Waals surface area contributed by atoms with Crippen molar-refractivity contribution in [1.29, 1.82) is 0 Å². The maximum atomic E-state index is 15.5. The van der Waals surface area contributed by atoms with Gasteiger partial charge in [-0.05, 0) is 51.1 Å². The van der Waals surface area contributed by atoms with Crippen LogP contribution >= 0.6 is 11.3 Å². The maximum Gasteiger partial charge on any atom is 0.258 e. The van der Waals surface area contributed by atoms with Crippen LogP contribution in [-0.2, 0) is 4.79 Å². The second kappa shape index (κ2) is 10.2. The Balaban J connectivity index is 1.43. The molecule has 204 valence electrons. The molecule has 11 heteroatoms. The molecule has 5 heterocycles. The first-order valence-electron chi connectivity index (χ1n) is 13.4. The zero-order valence-corrected chi connectivity index (χ0v) is 22.9. The van der Waals surface area contributed by atoms with Crippen molar-refractivity contribution in [3.05, 3.63) is 51.9 Å². The molecule has 3 aromatic heterocycles. The van der Waals surface area contributed by atoms with Crippen LogP contribution in [0.25, 0.3) is 26.1 Å². The Hall–Kier alpha value is -3.57. The molecule has 1 aromatic carbocycles. The molecule has 6 rings (SSSR count). The van der Waals surface area contributed by atoms with Crippen LogP contribution in [0, 0.1) is 5.82 Å². The lowest BCUT2D eigenvalue weighted by Crippen LogP contribution is -2.48. The number of pyridine rings is 2. The van der Waals surface area contributed by atoms with E-state index in [0.717, 1.165) is 36.0 Å². The lowest BCUT2D eigenvalue weighted by Gasteiger charge is -2.35. The summed E-state index contributed by atoms with van der Waals surface area (Å²) in [5.74, 6) is -0.935. The summed E-state index contributed by atoms with van der Waals surface area (Å²) in [6.45, 7) is 4.86. The van der Waals surface area contributed by atoms with Crippen LogP contribution in [0.5, 0.6) is 0 Å². The summed E-state index contributed by atoms with van der Waals surface area (Å²) >= 11 is 1.36. The normalized spacial score (nSPS) is 18.5. The minimum atomic E-state index is -0.619. The Kier molecular flexibility index (Phi) is 6.72. The number of anilines is 1. The fourth-order valence-electron chi connectivity index (χ4n) is 5.84. The fraction of sp³-hybridized carbons (Fsp3) is 0.429. The van der Waals surface area contributed by atoms with E-state index in [2.05, 4.69) is 22.2 Å². The van der Waals surface area contributed by atoms with Crippen LogP contribution in [0.1, 0.15) is 36.5 Å². The van der Waals surface area contributed by atoms with Crippen molar-refractivity contribution < 1.29 is 14.0 Å². The predicted octanol–water partition coefficient (Wildman–Crippen LogP) is 3.08. The molecule has 0 aliphatic carbocycles. The summed E-state index contributed by atoms with van der Waals surface area (Å²) in [6.07, 6.45) is 3.06. The third-order valence-corrected chi connectivity index (χ3v) is 9.18. The third-order valence-electron chi connectivity index (χ3n) is 8.04. The quantitative estimate of drug-likeness (QED) is 0.411. The molecular weight excluding hydrogens is 519 g/mol. The number of amides is 2. The molecule has 2 amide bonds. The standard InChI is InChI=1S/C28H31FN6O3S/c1-17(36)33-12-14-34(15-13-33)26-20(29)16-19-24(37)23(27(38)30-10-9-18-6-5-11-32(18)2)28-35(25(19)31-26)21-7-3-4-8-22(21)39-28/h3-4,7-8,16,18H,5-6,9-15H2,1-2H3,(H,30,38). The van der Waals surface area contributed by atoms with Gasteiger partial charge in [0, 0.05) is 45.7 Å². The molecule has 2 saturated heterocycles. The molecule has 0 bridgehead atoms. The number of nitrogens with one attached hydrogen (secondary N) is 1. The van der Waals surface area contributed by atoms with E-state index in [9.17, 15) is 14.4 Å². The number of aromatic nitrogens is 2. The number of carbonyl (C=O) groups is 2. The van der Waals surface area contributed by atoms with Gasteiger partial charge in [0.2, 0.25) is 11.3 Å². The number of fused-ring (bicyclic) bond motifs is 5. The van der Waals surface area contributed by atoms with Crippen molar-refractivity contribution in [1.82, 2.24) is 24.5 Å². The van der Waals surface area contributed by atoms with Gasteiger partial charge in [-0.25, -0.2) is 9.37 Å². The topological polar surface area (TPSA) is 90.3 Å². The number of thiazole rings is 1. The van der Waals surface area contributed by atoms with E-state index in [4.69, 9.17) is 0 Å². The average Bonchev–Trinajstić information content (AvgIpc) is 3.51. The molecule has 2 fully saturated rings. The van der Waals surface area contributed by atoms with E-state index in [1.54, 1.807) is 9.80 Å². The number of likely N-dealkylation sites (tertiary alicyclic amines) is 1. The first-order chi connectivity index (χ1) is 18.8. The summed E-state index contributed by atoms with van der Waals surface area (Å²) in [4.78, 5) is 50.0. The Morgan fingerprint density at radius 2 is 1.92 bits per heavy atom. The summed E-state index contributed by atoms with van der Waals surface area (Å²) in [5, 5.41) is 3.02. The lowest BCUT2D eigenvalue weighted by molar-refractivity contribution is -0.129. The highest BCUT2D eigenvalue weighted by atomic mass is 32.1. The van der Waals surface area contributed by atoms with Crippen LogP contribution in [-0.4, -0.2) is 83.4 Å².